The number of hydrogen-bond donors (Lipinski definition) is 0. The minimum atomic E-state index is -0.244. The van der Waals surface area contributed by atoms with Crippen LogP contribution < -0.4 is 0 Å². The number of hydrogen-bond acceptors (Lipinski definition) is 4. The van der Waals surface area contributed by atoms with Gasteiger partial charge in [-0.1, -0.05) is 35.9 Å². The second-order valence-corrected chi connectivity index (χ2v) is 9.32. The third-order valence-electron chi connectivity index (χ3n) is 6.39. The van der Waals surface area contributed by atoms with Crippen molar-refractivity contribution in [2.24, 2.45) is 11.0 Å². The van der Waals surface area contributed by atoms with E-state index >= 15 is 0 Å². The molecule has 174 valence electrons. The van der Waals surface area contributed by atoms with Crippen LogP contribution in [0.4, 0.5) is 0 Å². The van der Waals surface area contributed by atoms with E-state index in [0.717, 1.165) is 29.7 Å². The van der Waals surface area contributed by atoms with Crippen LogP contribution in [0.3, 0.4) is 0 Å². The van der Waals surface area contributed by atoms with E-state index in [9.17, 15) is 9.59 Å². The molecule has 1 aliphatic carbocycles. The highest BCUT2D eigenvalue weighted by Gasteiger charge is 2.37. The number of carbonyl (C=O) groups is 2. The molecule has 2 amide bonds. The molecule has 33 heavy (non-hydrogen) atoms. The number of benzene rings is 2. The molecule has 0 aromatic heterocycles. The van der Waals surface area contributed by atoms with Crippen LogP contribution in [0.1, 0.15) is 47.6 Å². The third-order valence-corrected chi connectivity index (χ3v) is 6.64. The van der Waals surface area contributed by atoms with Gasteiger partial charge in [-0.2, -0.15) is 5.10 Å². The zero-order valence-electron chi connectivity index (χ0n) is 19.4. The third kappa shape index (κ3) is 5.45. The smallest absolute Gasteiger partial charge is 0.262 e. The molecule has 0 bridgehead atoms. The van der Waals surface area contributed by atoms with Crippen LogP contribution in [0.15, 0.2) is 47.6 Å². The largest absolute Gasteiger partial charge is 0.383 e. The molecule has 1 saturated carbocycles. The maximum Gasteiger partial charge on any atom is 0.262 e. The molecular formula is C26H30ClN3O3. The highest BCUT2D eigenvalue weighted by atomic mass is 35.5. The zero-order chi connectivity index (χ0) is 23.5. The van der Waals surface area contributed by atoms with Crippen molar-refractivity contribution in [1.29, 1.82) is 0 Å². The maximum absolute atomic E-state index is 13.5. The van der Waals surface area contributed by atoms with Crippen molar-refractivity contribution in [3.63, 3.8) is 0 Å². The Labute approximate surface area is 200 Å². The lowest BCUT2D eigenvalue weighted by molar-refractivity contribution is -0.142. The molecule has 0 spiro atoms. The number of rotatable bonds is 8. The van der Waals surface area contributed by atoms with Crippen LogP contribution in [-0.2, 0) is 14.3 Å². The molecule has 2 aromatic carbocycles. The predicted molar refractivity (Wildman–Crippen MR) is 129 cm³/mol. The lowest BCUT2D eigenvalue weighted by Crippen LogP contribution is -2.43. The summed E-state index contributed by atoms with van der Waals surface area (Å²) < 4.78 is 5.17. The number of halogens is 1. The Morgan fingerprint density at radius 3 is 2.48 bits per heavy atom. The molecule has 0 saturated heterocycles. The van der Waals surface area contributed by atoms with Gasteiger partial charge in [0, 0.05) is 31.0 Å². The van der Waals surface area contributed by atoms with Crippen LogP contribution in [0.5, 0.6) is 0 Å². The summed E-state index contributed by atoms with van der Waals surface area (Å²) in [5, 5.41) is 6.95. The molecule has 4 rings (SSSR count). The minimum absolute atomic E-state index is 0.00745. The predicted octanol–water partition coefficient (Wildman–Crippen LogP) is 4.52. The average molecular weight is 468 g/mol. The quantitative estimate of drug-likeness (QED) is 0.573. The molecule has 1 atom stereocenters. The SMILES string of the molecule is COCCN(CC(=O)N1N=C(c2ccc(C)c(C)c2)CC1c1ccc(Cl)cc1)C(=O)C1CC1. The van der Waals surface area contributed by atoms with Crippen LogP contribution >= 0.6 is 11.6 Å². The fraction of sp³-hybridized carbons (Fsp3) is 0.423. The number of hydrazone groups is 1. The number of ether oxygens (including phenoxy) is 1. The second kappa shape index (κ2) is 10.1. The molecule has 0 N–H and O–H groups in total. The van der Waals surface area contributed by atoms with Gasteiger partial charge in [0.1, 0.15) is 6.54 Å². The van der Waals surface area contributed by atoms with Crippen molar-refractivity contribution in [2.45, 2.75) is 39.2 Å². The van der Waals surface area contributed by atoms with Gasteiger partial charge in [-0.15, -0.1) is 0 Å². The van der Waals surface area contributed by atoms with E-state index < -0.39 is 0 Å². The highest BCUT2D eigenvalue weighted by Crippen LogP contribution is 2.35. The average Bonchev–Trinajstić information content (AvgIpc) is 3.56. The van der Waals surface area contributed by atoms with Gasteiger partial charge in [-0.05, 0) is 67.1 Å². The number of amides is 2. The van der Waals surface area contributed by atoms with Crippen molar-refractivity contribution in [3.05, 3.63) is 69.7 Å². The molecular weight excluding hydrogens is 438 g/mol. The first-order valence-electron chi connectivity index (χ1n) is 11.4. The van der Waals surface area contributed by atoms with Crippen LogP contribution in [0.25, 0.3) is 0 Å². The molecule has 2 aromatic rings. The van der Waals surface area contributed by atoms with E-state index in [-0.39, 0.29) is 30.3 Å². The number of aryl methyl sites for hydroxylation is 2. The van der Waals surface area contributed by atoms with Gasteiger partial charge in [0.05, 0.1) is 18.4 Å². The molecule has 1 fully saturated rings. The van der Waals surface area contributed by atoms with Gasteiger partial charge in [0.15, 0.2) is 0 Å². The van der Waals surface area contributed by atoms with Crippen LogP contribution in [0, 0.1) is 19.8 Å². The van der Waals surface area contributed by atoms with Crippen molar-refractivity contribution < 1.29 is 14.3 Å². The molecule has 6 nitrogen and oxygen atoms in total. The Hall–Kier alpha value is -2.70. The monoisotopic (exact) mass is 467 g/mol. The van der Waals surface area contributed by atoms with Gasteiger partial charge in [0.2, 0.25) is 5.91 Å². The van der Waals surface area contributed by atoms with Crippen LogP contribution in [-0.4, -0.2) is 54.2 Å². The fourth-order valence-corrected chi connectivity index (χ4v) is 4.20. The summed E-state index contributed by atoms with van der Waals surface area (Å²) >= 11 is 6.10. The van der Waals surface area contributed by atoms with Crippen molar-refractivity contribution in [1.82, 2.24) is 9.91 Å². The zero-order valence-corrected chi connectivity index (χ0v) is 20.1. The van der Waals surface area contributed by atoms with E-state index in [2.05, 4.69) is 32.0 Å². The molecule has 2 aliphatic rings. The van der Waals surface area contributed by atoms with E-state index in [1.54, 1.807) is 17.0 Å². The van der Waals surface area contributed by atoms with Gasteiger partial charge >= 0.3 is 0 Å². The highest BCUT2D eigenvalue weighted by molar-refractivity contribution is 6.30. The summed E-state index contributed by atoms with van der Waals surface area (Å²) in [6.45, 7) is 4.93. The number of nitrogens with zero attached hydrogens (tertiary/aromatic N) is 3. The molecule has 7 heteroatoms. The van der Waals surface area contributed by atoms with Gasteiger partial charge in [0.25, 0.3) is 5.91 Å². The number of methoxy groups -OCH3 is 1. The number of carbonyl (C=O) groups excluding carboxylic acids is 2. The lowest BCUT2D eigenvalue weighted by Gasteiger charge is -2.27. The van der Waals surface area contributed by atoms with E-state index in [4.69, 9.17) is 21.4 Å². The summed E-state index contributed by atoms with van der Waals surface area (Å²) in [5.74, 6) is -0.130. The standard InChI is InChI=1S/C26H30ClN3O3/c1-17-4-5-21(14-18(17)2)23-15-24(19-8-10-22(27)11-9-19)30(28-23)25(31)16-29(12-13-33-3)26(32)20-6-7-20/h4-5,8-11,14,20,24H,6-7,12-13,15-16H2,1-3H3. The molecule has 1 heterocycles. The summed E-state index contributed by atoms with van der Waals surface area (Å²) in [4.78, 5) is 27.8. The summed E-state index contributed by atoms with van der Waals surface area (Å²) in [6, 6.07) is 13.5. The lowest BCUT2D eigenvalue weighted by atomic mass is 9.96. The Morgan fingerprint density at radius 1 is 1.12 bits per heavy atom. The van der Waals surface area contributed by atoms with Crippen molar-refractivity contribution in [3.8, 4) is 0 Å². The Morgan fingerprint density at radius 2 is 1.85 bits per heavy atom. The van der Waals surface area contributed by atoms with Crippen LogP contribution in [0.2, 0.25) is 5.02 Å². The van der Waals surface area contributed by atoms with Gasteiger partial charge in [-0.3, -0.25) is 9.59 Å². The van der Waals surface area contributed by atoms with E-state index in [1.807, 2.05) is 24.3 Å². The Bertz CT molecular complexity index is 1060. The van der Waals surface area contributed by atoms with Gasteiger partial charge < -0.3 is 9.64 Å². The first-order valence-corrected chi connectivity index (χ1v) is 11.8. The van der Waals surface area contributed by atoms with Crippen molar-refractivity contribution >= 4 is 29.1 Å². The summed E-state index contributed by atoms with van der Waals surface area (Å²) in [7, 11) is 1.60. The molecule has 0 radical (unpaired) electrons. The van der Waals surface area contributed by atoms with Gasteiger partial charge in [-0.25, -0.2) is 5.01 Å². The summed E-state index contributed by atoms with van der Waals surface area (Å²) in [5.41, 5.74) is 5.24. The Balaban J connectivity index is 1.61. The second-order valence-electron chi connectivity index (χ2n) is 8.88. The molecule has 1 unspecified atom stereocenters. The molecule has 1 aliphatic heterocycles. The summed E-state index contributed by atoms with van der Waals surface area (Å²) in [6.07, 6.45) is 2.38. The topological polar surface area (TPSA) is 62.2 Å². The van der Waals surface area contributed by atoms with E-state index in [1.165, 1.54) is 11.1 Å². The fourth-order valence-electron chi connectivity index (χ4n) is 4.07. The van der Waals surface area contributed by atoms with Crippen molar-refractivity contribution in [2.75, 3.05) is 26.8 Å². The maximum atomic E-state index is 13.5. The Kier molecular flexibility index (Phi) is 7.15. The van der Waals surface area contributed by atoms with E-state index in [0.29, 0.717) is 24.6 Å². The normalized spacial score (nSPS) is 17.8. The minimum Gasteiger partial charge on any atom is -0.383 e. The first-order chi connectivity index (χ1) is 15.9. The first kappa shape index (κ1) is 23.5.